The monoisotopic (exact) mass is 277 g/mol. The first kappa shape index (κ1) is 14.2. The van der Waals surface area contributed by atoms with Crippen molar-refractivity contribution in [3.8, 4) is 0 Å². The number of amides is 1. The van der Waals surface area contributed by atoms with Crippen molar-refractivity contribution in [2.45, 2.75) is 19.3 Å². The van der Waals surface area contributed by atoms with Crippen LogP contribution in [0.4, 0.5) is 10.1 Å². The number of allylic oxidation sites excluding steroid dienone is 2. The minimum absolute atomic E-state index is 0.154. The first-order chi connectivity index (χ1) is 9.65. The number of hydrogen-bond acceptors (Lipinski definition) is 3. The molecule has 4 nitrogen and oxygen atoms in total. The highest BCUT2D eigenvalue weighted by atomic mass is 19.1. The summed E-state index contributed by atoms with van der Waals surface area (Å²) in [4.78, 5) is 23.3. The molecule has 0 unspecified atom stereocenters. The van der Waals surface area contributed by atoms with Gasteiger partial charge in [0, 0.05) is 5.69 Å². The van der Waals surface area contributed by atoms with Gasteiger partial charge in [0.25, 0.3) is 5.91 Å². The average molecular weight is 277 g/mol. The Bertz CT molecular complexity index is 510. The molecule has 5 heteroatoms. The van der Waals surface area contributed by atoms with Crippen molar-refractivity contribution in [3.63, 3.8) is 0 Å². The Hall–Kier alpha value is -2.17. The van der Waals surface area contributed by atoms with E-state index in [0.29, 0.717) is 12.1 Å². The van der Waals surface area contributed by atoms with Crippen LogP contribution in [0.1, 0.15) is 19.3 Å². The third-order valence-corrected chi connectivity index (χ3v) is 3.08. The molecule has 0 bridgehead atoms. The molecule has 106 valence electrons. The van der Waals surface area contributed by atoms with Gasteiger partial charge >= 0.3 is 5.97 Å². The fourth-order valence-corrected chi connectivity index (χ4v) is 1.99. The maximum absolute atomic E-state index is 12.7. The lowest BCUT2D eigenvalue weighted by molar-refractivity contribution is -0.151. The quantitative estimate of drug-likeness (QED) is 0.680. The molecule has 0 saturated heterocycles. The SMILES string of the molecule is O=C(COC(=O)[C@H]1CC=CCC1)Nc1ccc(F)cc1. The Morgan fingerprint density at radius 3 is 2.65 bits per heavy atom. The van der Waals surface area contributed by atoms with E-state index in [9.17, 15) is 14.0 Å². The second-order valence-corrected chi connectivity index (χ2v) is 4.64. The molecule has 1 aliphatic carbocycles. The summed E-state index contributed by atoms with van der Waals surface area (Å²) in [5, 5.41) is 2.53. The summed E-state index contributed by atoms with van der Waals surface area (Å²) in [6.07, 6.45) is 6.27. The number of hydrogen-bond donors (Lipinski definition) is 1. The Labute approximate surface area is 116 Å². The third kappa shape index (κ3) is 4.19. The van der Waals surface area contributed by atoms with Crippen molar-refractivity contribution >= 4 is 17.6 Å². The molecule has 1 aromatic rings. The van der Waals surface area contributed by atoms with Crippen molar-refractivity contribution in [1.82, 2.24) is 0 Å². The Morgan fingerprint density at radius 1 is 1.25 bits per heavy atom. The van der Waals surface area contributed by atoms with Gasteiger partial charge in [-0.15, -0.1) is 0 Å². The summed E-state index contributed by atoms with van der Waals surface area (Å²) in [7, 11) is 0. The van der Waals surface area contributed by atoms with Gasteiger partial charge in [0.15, 0.2) is 6.61 Å². The van der Waals surface area contributed by atoms with E-state index in [-0.39, 0.29) is 24.3 Å². The van der Waals surface area contributed by atoms with Crippen LogP contribution in [0.15, 0.2) is 36.4 Å². The van der Waals surface area contributed by atoms with Crippen molar-refractivity contribution in [3.05, 3.63) is 42.2 Å². The van der Waals surface area contributed by atoms with Crippen LogP contribution in [0.3, 0.4) is 0 Å². The van der Waals surface area contributed by atoms with E-state index in [2.05, 4.69) is 5.32 Å². The number of halogens is 1. The molecule has 0 spiro atoms. The van der Waals surface area contributed by atoms with Gasteiger partial charge in [-0.05, 0) is 43.5 Å². The van der Waals surface area contributed by atoms with Crippen LogP contribution >= 0.6 is 0 Å². The zero-order chi connectivity index (χ0) is 14.4. The lowest BCUT2D eigenvalue weighted by Crippen LogP contribution is -2.25. The van der Waals surface area contributed by atoms with Crippen LogP contribution in [-0.4, -0.2) is 18.5 Å². The Kier molecular flexibility index (Phi) is 4.87. The molecule has 1 N–H and O–H groups in total. The van der Waals surface area contributed by atoms with Crippen LogP contribution in [0.5, 0.6) is 0 Å². The number of carbonyl (C=O) groups is 2. The molecule has 1 aromatic carbocycles. The maximum atomic E-state index is 12.7. The van der Waals surface area contributed by atoms with Crippen molar-refractivity contribution in [2.75, 3.05) is 11.9 Å². The van der Waals surface area contributed by atoms with E-state index in [0.717, 1.165) is 12.8 Å². The second kappa shape index (κ2) is 6.84. The molecule has 0 saturated carbocycles. The molecule has 0 aromatic heterocycles. The van der Waals surface area contributed by atoms with Gasteiger partial charge in [0.2, 0.25) is 0 Å². The Morgan fingerprint density at radius 2 is 2.00 bits per heavy atom. The highest BCUT2D eigenvalue weighted by molar-refractivity contribution is 5.92. The summed E-state index contributed by atoms with van der Waals surface area (Å²) in [6, 6.07) is 5.38. The number of rotatable bonds is 4. The van der Waals surface area contributed by atoms with Gasteiger partial charge in [-0.25, -0.2) is 4.39 Å². The summed E-state index contributed by atoms with van der Waals surface area (Å²) >= 11 is 0. The molecular weight excluding hydrogens is 261 g/mol. The first-order valence-corrected chi connectivity index (χ1v) is 6.52. The maximum Gasteiger partial charge on any atom is 0.309 e. The lowest BCUT2D eigenvalue weighted by Gasteiger charge is -2.16. The molecule has 1 amide bonds. The fourth-order valence-electron chi connectivity index (χ4n) is 1.99. The second-order valence-electron chi connectivity index (χ2n) is 4.64. The van der Waals surface area contributed by atoms with Crippen LogP contribution in [0.25, 0.3) is 0 Å². The summed E-state index contributed by atoms with van der Waals surface area (Å²) in [5.41, 5.74) is 0.466. The largest absolute Gasteiger partial charge is 0.455 e. The van der Waals surface area contributed by atoms with Gasteiger partial charge in [-0.3, -0.25) is 9.59 Å². The molecular formula is C15H16FNO3. The van der Waals surface area contributed by atoms with Crippen LogP contribution in [0.2, 0.25) is 0 Å². The van der Waals surface area contributed by atoms with E-state index < -0.39 is 5.91 Å². The molecule has 0 radical (unpaired) electrons. The molecule has 0 fully saturated rings. The van der Waals surface area contributed by atoms with Crippen molar-refractivity contribution in [1.29, 1.82) is 0 Å². The summed E-state index contributed by atoms with van der Waals surface area (Å²) in [5.74, 6) is -1.31. The number of anilines is 1. The predicted octanol–water partition coefficient (Wildman–Crippen LogP) is 2.66. The molecule has 1 atom stereocenters. The Balaban J connectivity index is 1.75. The molecule has 2 rings (SSSR count). The average Bonchev–Trinajstić information content (AvgIpc) is 2.48. The number of benzene rings is 1. The topological polar surface area (TPSA) is 55.4 Å². The van der Waals surface area contributed by atoms with E-state index in [4.69, 9.17) is 4.74 Å². The van der Waals surface area contributed by atoms with Gasteiger partial charge in [-0.2, -0.15) is 0 Å². The zero-order valence-corrected chi connectivity index (χ0v) is 11.0. The first-order valence-electron chi connectivity index (χ1n) is 6.52. The van der Waals surface area contributed by atoms with Crippen molar-refractivity contribution in [2.24, 2.45) is 5.92 Å². The van der Waals surface area contributed by atoms with Gasteiger partial charge in [-0.1, -0.05) is 12.2 Å². The van der Waals surface area contributed by atoms with E-state index in [1.54, 1.807) is 0 Å². The number of carbonyl (C=O) groups excluding carboxylic acids is 2. The highest BCUT2D eigenvalue weighted by Crippen LogP contribution is 2.19. The number of ether oxygens (including phenoxy) is 1. The van der Waals surface area contributed by atoms with Crippen LogP contribution in [0, 0.1) is 11.7 Å². The highest BCUT2D eigenvalue weighted by Gasteiger charge is 2.20. The minimum Gasteiger partial charge on any atom is -0.455 e. The van der Waals surface area contributed by atoms with E-state index in [1.807, 2.05) is 12.2 Å². The van der Waals surface area contributed by atoms with E-state index >= 15 is 0 Å². The number of esters is 1. The summed E-state index contributed by atoms with van der Waals surface area (Å²) in [6.45, 7) is -0.323. The smallest absolute Gasteiger partial charge is 0.309 e. The zero-order valence-electron chi connectivity index (χ0n) is 11.0. The van der Waals surface area contributed by atoms with E-state index in [1.165, 1.54) is 24.3 Å². The van der Waals surface area contributed by atoms with Gasteiger partial charge in [0.05, 0.1) is 5.92 Å². The molecule has 0 aliphatic heterocycles. The van der Waals surface area contributed by atoms with Crippen molar-refractivity contribution < 1.29 is 18.7 Å². The lowest BCUT2D eigenvalue weighted by atomic mass is 9.95. The molecule has 20 heavy (non-hydrogen) atoms. The normalized spacial score (nSPS) is 17.6. The fraction of sp³-hybridized carbons (Fsp3) is 0.333. The van der Waals surface area contributed by atoms with Gasteiger partial charge < -0.3 is 10.1 Å². The van der Waals surface area contributed by atoms with Crippen LogP contribution < -0.4 is 5.32 Å². The third-order valence-electron chi connectivity index (χ3n) is 3.08. The standard InChI is InChI=1S/C15H16FNO3/c16-12-6-8-13(9-7-12)17-14(18)10-20-15(19)11-4-2-1-3-5-11/h1-2,6-9,11H,3-5,10H2,(H,17,18)/t11-/m0/s1. The molecule has 0 heterocycles. The predicted molar refractivity (Wildman–Crippen MR) is 72.5 cm³/mol. The summed E-state index contributed by atoms with van der Waals surface area (Å²) < 4.78 is 17.7. The number of nitrogens with one attached hydrogen (secondary N) is 1. The van der Waals surface area contributed by atoms with Crippen LogP contribution in [-0.2, 0) is 14.3 Å². The minimum atomic E-state index is -0.434. The molecule has 1 aliphatic rings. The van der Waals surface area contributed by atoms with Gasteiger partial charge in [0.1, 0.15) is 5.82 Å².